The van der Waals surface area contributed by atoms with Crippen molar-refractivity contribution in [2.24, 2.45) is 0 Å². The predicted molar refractivity (Wildman–Crippen MR) is 127 cm³/mol. The van der Waals surface area contributed by atoms with Crippen molar-refractivity contribution >= 4 is 21.7 Å². The summed E-state index contributed by atoms with van der Waals surface area (Å²) < 4.78 is 28.6. The van der Waals surface area contributed by atoms with Gasteiger partial charge in [0, 0.05) is 6.07 Å². The molecule has 0 heterocycles. The molecule has 6 nitrogen and oxygen atoms in total. The largest absolute Gasteiger partial charge is 0.507 e. The van der Waals surface area contributed by atoms with Crippen LogP contribution in [0.2, 0.25) is 0 Å². The summed E-state index contributed by atoms with van der Waals surface area (Å²) in [6.07, 6.45) is 0.544. The van der Waals surface area contributed by atoms with Crippen LogP contribution in [-0.4, -0.2) is 24.6 Å². The Morgan fingerprint density at radius 2 is 1.48 bits per heavy atom. The van der Waals surface area contributed by atoms with E-state index < -0.39 is 21.7 Å². The number of aromatic carboxylic acids is 1. The second-order valence-corrected chi connectivity index (χ2v) is 9.17. The molecule has 0 unspecified atom stereocenters. The molecule has 7 heteroatoms. The van der Waals surface area contributed by atoms with E-state index in [4.69, 9.17) is 5.11 Å². The Kier molecular flexibility index (Phi) is 6.15. The number of phenols is 1. The quantitative estimate of drug-likeness (QED) is 0.355. The van der Waals surface area contributed by atoms with E-state index in [9.17, 15) is 18.3 Å². The third-order valence-corrected chi connectivity index (χ3v) is 6.57. The van der Waals surface area contributed by atoms with Crippen LogP contribution >= 0.6 is 0 Å². The molecule has 0 spiro atoms. The maximum absolute atomic E-state index is 13.1. The fraction of sp³-hybridized carbons (Fsp3) is 0.0385. The monoisotopic (exact) mass is 459 g/mol. The third kappa shape index (κ3) is 5.05. The zero-order valence-corrected chi connectivity index (χ0v) is 18.3. The van der Waals surface area contributed by atoms with Crippen molar-refractivity contribution in [3.05, 3.63) is 114 Å². The van der Waals surface area contributed by atoms with Gasteiger partial charge in [-0.05, 0) is 52.9 Å². The zero-order valence-electron chi connectivity index (χ0n) is 17.5. The SMILES string of the molecule is O=C(O)c1ccc(NS(=O)(=O)c2ccc(-c3ccccc3)c(Cc3ccccc3)c2)cc1O. The van der Waals surface area contributed by atoms with Crippen molar-refractivity contribution in [1.82, 2.24) is 0 Å². The molecule has 0 bridgehead atoms. The molecule has 33 heavy (non-hydrogen) atoms. The van der Waals surface area contributed by atoms with Crippen molar-refractivity contribution in [2.75, 3.05) is 4.72 Å². The van der Waals surface area contributed by atoms with Gasteiger partial charge in [0.25, 0.3) is 10.0 Å². The van der Waals surface area contributed by atoms with Crippen LogP contribution in [0, 0.1) is 0 Å². The molecule has 4 rings (SSSR count). The van der Waals surface area contributed by atoms with Gasteiger partial charge in [0.05, 0.1) is 10.6 Å². The molecular weight excluding hydrogens is 438 g/mol. The number of carboxylic acids is 1. The van der Waals surface area contributed by atoms with Gasteiger partial charge in [0.1, 0.15) is 11.3 Å². The lowest BCUT2D eigenvalue weighted by Crippen LogP contribution is -2.13. The van der Waals surface area contributed by atoms with Crippen LogP contribution in [0.25, 0.3) is 11.1 Å². The Morgan fingerprint density at radius 1 is 0.818 bits per heavy atom. The van der Waals surface area contributed by atoms with E-state index in [1.165, 1.54) is 12.1 Å². The molecule has 4 aromatic rings. The summed E-state index contributed by atoms with van der Waals surface area (Å²) in [5.74, 6) is -1.82. The lowest BCUT2D eigenvalue weighted by atomic mass is 9.95. The van der Waals surface area contributed by atoms with Crippen LogP contribution in [0.3, 0.4) is 0 Å². The van der Waals surface area contributed by atoms with Crippen LogP contribution in [0.4, 0.5) is 5.69 Å². The highest BCUT2D eigenvalue weighted by Gasteiger charge is 2.19. The van der Waals surface area contributed by atoms with Gasteiger partial charge in [-0.25, -0.2) is 13.2 Å². The van der Waals surface area contributed by atoms with Gasteiger partial charge in [-0.1, -0.05) is 66.7 Å². The minimum absolute atomic E-state index is 0.0641. The Balaban J connectivity index is 1.72. The van der Waals surface area contributed by atoms with Crippen molar-refractivity contribution in [3.63, 3.8) is 0 Å². The number of benzene rings is 4. The summed E-state index contributed by atoms with van der Waals surface area (Å²) in [5.41, 5.74) is 3.56. The first-order valence-corrected chi connectivity index (χ1v) is 11.6. The molecule has 0 amide bonds. The van der Waals surface area contributed by atoms with E-state index in [2.05, 4.69) is 4.72 Å². The average molecular weight is 460 g/mol. The van der Waals surface area contributed by atoms with E-state index in [1.54, 1.807) is 12.1 Å². The number of nitrogens with one attached hydrogen (secondary N) is 1. The summed E-state index contributed by atoms with van der Waals surface area (Å²) in [5, 5.41) is 18.9. The fourth-order valence-electron chi connectivity index (χ4n) is 3.59. The van der Waals surface area contributed by atoms with Gasteiger partial charge < -0.3 is 10.2 Å². The van der Waals surface area contributed by atoms with Crippen molar-refractivity contribution < 1.29 is 23.4 Å². The molecule has 0 aliphatic rings. The Hall–Kier alpha value is -4.10. The average Bonchev–Trinajstić information content (AvgIpc) is 2.80. The summed E-state index contributed by atoms with van der Waals surface area (Å²) in [4.78, 5) is 11.1. The molecule has 0 saturated carbocycles. The number of aromatic hydroxyl groups is 1. The van der Waals surface area contributed by atoms with Crippen LogP contribution in [-0.2, 0) is 16.4 Å². The maximum atomic E-state index is 13.1. The predicted octanol–water partition coefficient (Wildman–Crippen LogP) is 5.15. The van der Waals surface area contributed by atoms with Gasteiger partial charge in [-0.3, -0.25) is 4.72 Å². The summed E-state index contributed by atoms with van der Waals surface area (Å²) in [7, 11) is -3.99. The molecular formula is C26H21NO5S. The second-order valence-electron chi connectivity index (χ2n) is 7.49. The molecule has 0 saturated heterocycles. The molecule has 0 aliphatic heterocycles. The Morgan fingerprint density at radius 3 is 2.12 bits per heavy atom. The first-order valence-electron chi connectivity index (χ1n) is 10.1. The first-order chi connectivity index (χ1) is 15.8. The smallest absolute Gasteiger partial charge is 0.339 e. The van der Waals surface area contributed by atoms with Gasteiger partial charge in [0.15, 0.2) is 0 Å². The van der Waals surface area contributed by atoms with Crippen LogP contribution in [0.5, 0.6) is 5.75 Å². The fourth-order valence-corrected chi connectivity index (χ4v) is 4.69. The molecule has 0 radical (unpaired) electrons. The van der Waals surface area contributed by atoms with Crippen LogP contribution < -0.4 is 4.72 Å². The number of carboxylic acid groups (broad SMARTS) is 1. The van der Waals surface area contributed by atoms with Gasteiger partial charge in [-0.2, -0.15) is 0 Å². The molecule has 0 aromatic heterocycles. The molecule has 4 aromatic carbocycles. The molecule has 3 N–H and O–H groups in total. The van der Waals surface area contributed by atoms with Crippen molar-refractivity contribution in [3.8, 4) is 16.9 Å². The van der Waals surface area contributed by atoms with Crippen molar-refractivity contribution in [1.29, 1.82) is 0 Å². The van der Waals surface area contributed by atoms with E-state index in [-0.39, 0.29) is 16.1 Å². The molecule has 0 aliphatic carbocycles. The zero-order chi connectivity index (χ0) is 23.4. The molecule has 0 fully saturated rings. The minimum atomic E-state index is -3.99. The number of anilines is 1. The number of rotatable bonds is 7. The number of hydrogen-bond acceptors (Lipinski definition) is 4. The highest BCUT2D eigenvalue weighted by molar-refractivity contribution is 7.92. The van der Waals surface area contributed by atoms with Crippen molar-refractivity contribution in [2.45, 2.75) is 11.3 Å². The van der Waals surface area contributed by atoms with Gasteiger partial charge >= 0.3 is 5.97 Å². The topological polar surface area (TPSA) is 104 Å². The first kappa shape index (κ1) is 22.1. The minimum Gasteiger partial charge on any atom is -0.507 e. The van der Waals surface area contributed by atoms with E-state index in [0.29, 0.717) is 6.42 Å². The standard InChI is InChI=1S/C26H21NO5S/c28-25-17-21(11-13-24(25)26(29)30)27-33(31,32)22-12-14-23(19-9-5-2-6-10-19)20(16-22)15-18-7-3-1-4-8-18/h1-14,16-17,27-28H,15H2,(H,29,30). The van der Waals surface area contributed by atoms with E-state index >= 15 is 0 Å². The number of sulfonamides is 1. The van der Waals surface area contributed by atoms with E-state index in [1.807, 2.05) is 60.7 Å². The second kappa shape index (κ2) is 9.18. The lowest BCUT2D eigenvalue weighted by Gasteiger charge is -2.14. The summed E-state index contributed by atoms with van der Waals surface area (Å²) in [6, 6.07) is 28.0. The van der Waals surface area contributed by atoms with E-state index in [0.717, 1.165) is 34.4 Å². The lowest BCUT2D eigenvalue weighted by molar-refractivity contribution is 0.0693. The highest BCUT2D eigenvalue weighted by atomic mass is 32.2. The Labute approximate surface area is 191 Å². The maximum Gasteiger partial charge on any atom is 0.339 e. The highest BCUT2D eigenvalue weighted by Crippen LogP contribution is 2.30. The third-order valence-electron chi connectivity index (χ3n) is 5.19. The van der Waals surface area contributed by atoms with Crippen LogP contribution in [0.15, 0.2) is 102 Å². The number of hydrogen-bond donors (Lipinski definition) is 3. The molecule has 166 valence electrons. The van der Waals surface area contributed by atoms with Crippen LogP contribution in [0.1, 0.15) is 21.5 Å². The Bertz CT molecular complexity index is 1400. The van der Waals surface area contributed by atoms with Gasteiger partial charge in [0.2, 0.25) is 0 Å². The molecule has 0 atom stereocenters. The van der Waals surface area contributed by atoms with Gasteiger partial charge in [-0.15, -0.1) is 0 Å². The normalized spacial score (nSPS) is 11.2. The number of carbonyl (C=O) groups is 1. The summed E-state index contributed by atoms with van der Waals surface area (Å²) >= 11 is 0. The summed E-state index contributed by atoms with van der Waals surface area (Å²) in [6.45, 7) is 0.